The Kier molecular flexibility index (Phi) is 2.95. The molecule has 0 radical (unpaired) electrons. The van der Waals surface area contributed by atoms with Crippen molar-refractivity contribution in [2.24, 2.45) is 0 Å². The molecule has 4 rings (SSSR count). The molecule has 0 bridgehead atoms. The zero-order valence-electron chi connectivity index (χ0n) is 11.0. The second-order valence-electron chi connectivity index (χ2n) is 5.07. The molecule has 0 aliphatic heterocycles. The van der Waals surface area contributed by atoms with Gasteiger partial charge < -0.3 is 0 Å². The van der Waals surface area contributed by atoms with Crippen LogP contribution in [-0.4, -0.2) is 15.0 Å². The first-order chi connectivity index (χ1) is 9.90. The molecule has 0 aromatic heterocycles. The minimum atomic E-state index is 0.408. The monoisotopic (exact) mass is 322 g/mol. The minimum absolute atomic E-state index is 0.408. The fourth-order valence-corrected chi connectivity index (χ4v) is 4.70. The first kappa shape index (κ1) is 12.0. The van der Waals surface area contributed by atoms with E-state index in [0.717, 1.165) is 6.42 Å². The topological polar surface area (TPSA) is 0 Å². The van der Waals surface area contributed by atoms with Gasteiger partial charge in [-0.2, -0.15) is 0 Å². The van der Waals surface area contributed by atoms with Crippen molar-refractivity contribution in [1.82, 2.24) is 0 Å². The summed E-state index contributed by atoms with van der Waals surface area (Å²) >= 11 is 0.408. The van der Waals surface area contributed by atoms with Crippen LogP contribution < -0.4 is 8.92 Å². The molecule has 0 amide bonds. The number of rotatable bonds is 2. The summed E-state index contributed by atoms with van der Waals surface area (Å²) in [5.74, 6) is 0. The van der Waals surface area contributed by atoms with E-state index in [0.29, 0.717) is 15.0 Å². The summed E-state index contributed by atoms with van der Waals surface area (Å²) in [7, 11) is 0. The average molecular weight is 321 g/mol. The van der Waals surface area contributed by atoms with E-state index in [9.17, 15) is 0 Å². The van der Waals surface area contributed by atoms with E-state index in [4.69, 9.17) is 0 Å². The first-order valence-corrected chi connectivity index (χ1v) is 8.55. The third-order valence-electron chi connectivity index (χ3n) is 3.74. The fourth-order valence-electron chi connectivity index (χ4n) is 2.81. The van der Waals surface area contributed by atoms with Gasteiger partial charge in [0.05, 0.1) is 0 Å². The second kappa shape index (κ2) is 4.94. The molecule has 20 heavy (non-hydrogen) atoms. The molecule has 0 spiro atoms. The van der Waals surface area contributed by atoms with Crippen LogP contribution in [0.4, 0.5) is 0 Å². The van der Waals surface area contributed by atoms with Crippen molar-refractivity contribution in [3.05, 3.63) is 83.9 Å². The Morgan fingerprint density at radius 1 is 0.600 bits per heavy atom. The Labute approximate surface area is 125 Å². The SMILES string of the molecule is c1ccc([Se]c2ccc3c(c2)Cc2ccccc2-3)cc1. The summed E-state index contributed by atoms with van der Waals surface area (Å²) in [4.78, 5) is 0. The van der Waals surface area contributed by atoms with Gasteiger partial charge in [0.2, 0.25) is 0 Å². The van der Waals surface area contributed by atoms with Crippen molar-refractivity contribution in [3.63, 3.8) is 0 Å². The van der Waals surface area contributed by atoms with Crippen molar-refractivity contribution in [2.75, 3.05) is 0 Å². The Balaban J connectivity index is 1.69. The molecule has 1 aliphatic carbocycles. The Morgan fingerprint density at radius 2 is 1.35 bits per heavy atom. The molecule has 0 nitrogen and oxygen atoms in total. The van der Waals surface area contributed by atoms with Crippen LogP contribution in [0.15, 0.2) is 72.8 Å². The molecule has 0 atom stereocenters. The predicted molar refractivity (Wildman–Crippen MR) is 86.1 cm³/mol. The van der Waals surface area contributed by atoms with Crippen molar-refractivity contribution in [1.29, 1.82) is 0 Å². The molecule has 1 aliphatic rings. The van der Waals surface area contributed by atoms with Crippen LogP contribution in [0.1, 0.15) is 11.1 Å². The Bertz CT molecular complexity index is 760. The molecular weight excluding hydrogens is 307 g/mol. The zero-order valence-corrected chi connectivity index (χ0v) is 12.8. The van der Waals surface area contributed by atoms with Gasteiger partial charge in [0.15, 0.2) is 0 Å². The van der Waals surface area contributed by atoms with Gasteiger partial charge in [0, 0.05) is 0 Å². The van der Waals surface area contributed by atoms with Crippen LogP contribution in [0.25, 0.3) is 11.1 Å². The number of hydrogen-bond donors (Lipinski definition) is 0. The third kappa shape index (κ3) is 2.10. The van der Waals surface area contributed by atoms with Gasteiger partial charge >= 0.3 is 125 Å². The fraction of sp³-hybridized carbons (Fsp3) is 0.0526. The summed E-state index contributed by atoms with van der Waals surface area (Å²) in [5, 5.41) is 0. The number of hydrogen-bond acceptors (Lipinski definition) is 0. The van der Waals surface area contributed by atoms with E-state index in [1.807, 2.05) is 0 Å². The van der Waals surface area contributed by atoms with Crippen molar-refractivity contribution >= 4 is 23.9 Å². The normalized spacial score (nSPS) is 12.0. The number of benzene rings is 3. The van der Waals surface area contributed by atoms with Crippen LogP contribution in [-0.2, 0) is 6.42 Å². The summed E-state index contributed by atoms with van der Waals surface area (Å²) in [6, 6.07) is 26.6. The van der Waals surface area contributed by atoms with Gasteiger partial charge in [-0.15, -0.1) is 0 Å². The standard InChI is InChI=1S/C19H14Se/c1-2-7-16(8-3-1)20-17-10-11-19-15(13-17)12-14-6-4-5-9-18(14)19/h1-11,13H,12H2. The third-order valence-corrected chi connectivity index (χ3v) is 5.84. The van der Waals surface area contributed by atoms with Crippen LogP contribution in [0.2, 0.25) is 0 Å². The van der Waals surface area contributed by atoms with E-state index < -0.39 is 0 Å². The molecule has 0 heterocycles. The van der Waals surface area contributed by atoms with Crippen LogP contribution in [0.5, 0.6) is 0 Å². The van der Waals surface area contributed by atoms with E-state index in [1.54, 1.807) is 0 Å². The maximum absolute atomic E-state index is 2.41. The molecule has 0 saturated carbocycles. The molecule has 0 saturated heterocycles. The molecule has 3 aromatic rings. The molecule has 0 fully saturated rings. The predicted octanol–water partition coefficient (Wildman–Crippen LogP) is 2.91. The van der Waals surface area contributed by atoms with Gasteiger partial charge in [-0.1, -0.05) is 0 Å². The average Bonchev–Trinajstić information content (AvgIpc) is 2.86. The van der Waals surface area contributed by atoms with Gasteiger partial charge in [0.1, 0.15) is 0 Å². The molecular formula is C19H14Se. The van der Waals surface area contributed by atoms with E-state index >= 15 is 0 Å². The Hall–Kier alpha value is -1.82. The second-order valence-corrected chi connectivity index (χ2v) is 7.47. The summed E-state index contributed by atoms with van der Waals surface area (Å²) in [6.45, 7) is 0. The Morgan fingerprint density at radius 3 is 2.25 bits per heavy atom. The van der Waals surface area contributed by atoms with E-state index in [2.05, 4.69) is 72.8 Å². The quantitative estimate of drug-likeness (QED) is 0.498. The van der Waals surface area contributed by atoms with E-state index in [-0.39, 0.29) is 0 Å². The maximum atomic E-state index is 2.41. The van der Waals surface area contributed by atoms with Crippen LogP contribution >= 0.6 is 0 Å². The van der Waals surface area contributed by atoms with Crippen molar-refractivity contribution in [2.45, 2.75) is 6.42 Å². The van der Waals surface area contributed by atoms with Gasteiger partial charge in [0.25, 0.3) is 0 Å². The van der Waals surface area contributed by atoms with Crippen molar-refractivity contribution < 1.29 is 0 Å². The molecule has 3 aromatic carbocycles. The van der Waals surface area contributed by atoms with Crippen LogP contribution in [0, 0.1) is 0 Å². The summed E-state index contributed by atoms with van der Waals surface area (Å²) < 4.78 is 2.91. The van der Waals surface area contributed by atoms with Gasteiger partial charge in [-0.05, 0) is 0 Å². The molecule has 0 N–H and O–H groups in total. The van der Waals surface area contributed by atoms with Crippen molar-refractivity contribution in [3.8, 4) is 11.1 Å². The molecule has 0 unspecified atom stereocenters. The first-order valence-electron chi connectivity index (χ1n) is 6.84. The van der Waals surface area contributed by atoms with Gasteiger partial charge in [-0.3, -0.25) is 0 Å². The summed E-state index contributed by atoms with van der Waals surface area (Å²) in [6.07, 6.45) is 1.09. The van der Waals surface area contributed by atoms with Gasteiger partial charge in [-0.25, -0.2) is 0 Å². The molecule has 96 valence electrons. The molecule has 1 heteroatoms. The summed E-state index contributed by atoms with van der Waals surface area (Å²) in [5.41, 5.74) is 5.79. The van der Waals surface area contributed by atoms with Crippen LogP contribution in [0.3, 0.4) is 0 Å². The number of fused-ring (bicyclic) bond motifs is 3. The van der Waals surface area contributed by atoms with E-state index in [1.165, 1.54) is 31.2 Å². The zero-order chi connectivity index (χ0) is 13.4.